The molecule has 0 saturated carbocycles. The Morgan fingerprint density at radius 2 is 2.12 bits per heavy atom. The number of aromatic nitrogens is 2. The molecule has 1 aromatic heterocycles. The van der Waals surface area contributed by atoms with Crippen molar-refractivity contribution >= 4 is 28.6 Å². The van der Waals surface area contributed by atoms with Crippen molar-refractivity contribution in [2.24, 2.45) is 0 Å². The minimum Gasteiger partial charge on any atom is -0.354 e. The van der Waals surface area contributed by atoms with Crippen LogP contribution < -0.4 is 10.9 Å². The Hall–Kier alpha value is -2.33. The average molecular weight is 372 g/mol. The maximum absolute atomic E-state index is 12.8. The maximum Gasteiger partial charge on any atom is 0.262 e. The monoisotopic (exact) mass is 372 g/mol. The molecular weight excluding hydrogens is 348 g/mol. The Bertz CT molecular complexity index is 842. The van der Waals surface area contributed by atoms with Crippen LogP contribution in [0.25, 0.3) is 10.9 Å². The van der Waals surface area contributed by atoms with Crippen molar-refractivity contribution in [3.63, 3.8) is 0 Å². The second kappa shape index (κ2) is 10.6. The number of fused-ring (bicyclic) bond motifs is 1. The van der Waals surface area contributed by atoms with E-state index in [0.29, 0.717) is 29.1 Å². The zero-order valence-electron chi connectivity index (χ0n) is 15.0. The first-order valence-corrected chi connectivity index (χ1v) is 9.92. The quantitative estimate of drug-likeness (QED) is 0.393. The number of hydrogen-bond acceptors (Lipinski definition) is 5. The van der Waals surface area contributed by atoms with Crippen LogP contribution in [-0.4, -0.2) is 27.8 Å². The molecular formula is C19H24N4O2S. The van der Waals surface area contributed by atoms with E-state index in [1.807, 2.05) is 24.3 Å². The van der Waals surface area contributed by atoms with E-state index < -0.39 is 0 Å². The second-order valence-electron chi connectivity index (χ2n) is 5.98. The van der Waals surface area contributed by atoms with Gasteiger partial charge in [-0.05, 0) is 18.6 Å². The third kappa shape index (κ3) is 5.60. The lowest BCUT2D eigenvalue weighted by atomic mass is 10.2. The number of nitrogens with zero attached hydrogens (tertiary/aromatic N) is 3. The fourth-order valence-corrected chi connectivity index (χ4v) is 3.45. The van der Waals surface area contributed by atoms with Crippen LogP contribution in [0, 0.1) is 11.3 Å². The summed E-state index contributed by atoms with van der Waals surface area (Å²) in [6, 6.07) is 9.28. The van der Waals surface area contributed by atoms with Gasteiger partial charge in [-0.2, -0.15) is 5.26 Å². The molecule has 0 saturated heterocycles. The summed E-state index contributed by atoms with van der Waals surface area (Å²) in [6.45, 7) is 3.09. The topological polar surface area (TPSA) is 87.8 Å². The molecule has 1 aromatic carbocycles. The van der Waals surface area contributed by atoms with Crippen LogP contribution in [0.5, 0.6) is 0 Å². The zero-order valence-corrected chi connectivity index (χ0v) is 15.8. The van der Waals surface area contributed by atoms with Crippen molar-refractivity contribution in [3.05, 3.63) is 34.6 Å². The predicted octanol–water partition coefficient (Wildman–Crippen LogP) is 3.10. The molecule has 0 aliphatic heterocycles. The van der Waals surface area contributed by atoms with Crippen LogP contribution >= 0.6 is 11.8 Å². The first-order valence-electron chi connectivity index (χ1n) is 8.93. The zero-order chi connectivity index (χ0) is 18.8. The summed E-state index contributed by atoms with van der Waals surface area (Å²) in [7, 11) is 0. The minimum atomic E-state index is -0.162. The largest absolute Gasteiger partial charge is 0.354 e. The lowest BCUT2D eigenvalue weighted by molar-refractivity contribution is -0.118. The Morgan fingerprint density at radius 3 is 2.88 bits per heavy atom. The van der Waals surface area contributed by atoms with Gasteiger partial charge in [-0.1, -0.05) is 50.1 Å². The highest BCUT2D eigenvalue weighted by molar-refractivity contribution is 7.99. The van der Waals surface area contributed by atoms with Crippen LogP contribution in [0.1, 0.15) is 39.0 Å². The van der Waals surface area contributed by atoms with E-state index in [1.54, 1.807) is 10.6 Å². The van der Waals surface area contributed by atoms with Gasteiger partial charge < -0.3 is 5.32 Å². The molecule has 7 heteroatoms. The van der Waals surface area contributed by atoms with E-state index in [9.17, 15) is 9.59 Å². The van der Waals surface area contributed by atoms with Crippen LogP contribution in [0.3, 0.4) is 0 Å². The van der Waals surface area contributed by atoms with Crippen molar-refractivity contribution < 1.29 is 4.79 Å². The molecule has 1 amide bonds. The number of thioether (sulfide) groups is 1. The summed E-state index contributed by atoms with van der Waals surface area (Å²) in [5, 5.41) is 12.4. The van der Waals surface area contributed by atoms with Gasteiger partial charge in [-0.15, -0.1) is 0 Å². The molecule has 0 unspecified atom stereocenters. The fourth-order valence-electron chi connectivity index (χ4n) is 2.59. The summed E-state index contributed by atoms with van der Waals surface area (Å²) in [4.78, 5) is 29.3. The third-order valence-electron chi connectivity index (χ3n) is 3.95. The summed E-state index contributed by atoms with van der Waals surface area (Å²) in [5.41, 5.74) is 0.592. The molecule has 0 radical (unpaired) electrons. The fraction of sp³-hybridized carbons (Fsp3) is 0.474. The molecule has 0 aliphatic carbocycles. The Kier molecular flexibility index (Phi) is 8.16. The van der Waals surface area contributed by atoms with E-state index in [4.69, 9.17) is 5.26 Å². The van der Waals surface area contributed by atoms with Gasteiger partial charge in [0.2, 0.25) is 5.91 Å². The Balaban J connectivity index is 2.17. The summed E-state index contributed by atoms with van der Waals surface area (Å²) < 4.78 is 1.69. The van der Waals surface area contributed by atoms with E-state index in [2.05, 4.69) is 17.2 Å². The number of carbonyl (C=O) groups is 1. The predicted molar refractivity (Wildman–Crippen MR) is 104 cm³/mol. The standard InChI is InChI=1S/C19H24N4O2S/c1-2-3-4-7-13-23-18(25)15-9-5-6-10-16(15)22-19(23)26-14-17(24)21-12-8-11-20/h5-6,9-10H,2-4,7-8,12-14H2,1H3,(H,21,24). The summed E-state index contributed by atoms with van der Waals surface area (Å²) >= 11 is 1.26. The van der Waals surface area contributed by atoms with Crippen LogP contribution in [-0.2, 0) is 11.3 Å². The van der Waals surface area contributed by atoms with Gasteiger partial charge in [0, 0.05) is 13.1 Å². The molecule has 1 N–H and O–H groups in total. The van der Waals surface area contributed by atoms with E-state index in [-0.39, 0.29) is 23.6 Å². The number of unbranched alkanes of at least 4 members (excludes halogenated alkanes) is 3. The highest BCUT2D eigenvalue weighted by Gasteiger charge is 2.13. The smallest absolute Gasteiger partial charge is 0.262 e. The van der Waals surface area contributed by atoms with Gasteiger partial charge in [0.25, 0.3) is 5.56 Å². The number of hydrogen-bond donors (Lipinski definition) is 1. The van der Waals surface area contributed by atoms with Crippen LogP contribution in [0.15, 0.2) is 34.2 Å². The van der Waals surface area contributed by atoms with E-state index >= 15 is 0 Å². The molecule has 6 nitrogen and oxygen atoms in total. The van der Waals surface area contributed by atoms with Gasteiger partial charge in [0.1, 0.15) is 0 Å². The van der Waals surface area contributed by atoms with E-state index in [1.165, 1.54) is 11.8 Å². The first kappa shape index (κ1) is 20.0. The minimum absolute atomic E-state index is 0.0560. The highest BCUT2D eigenvalue weighted by atomic mass is 32.2. The van der Waals surface area contributed by atoms with Gasteiger partial charge in [-0.25, -0.2) is 4.98 Å². The number of nitrogens with one attached hydrogen (secondary N) is 1. The molecule has 0 spiro atoms. The SMILES string of the molecule is CCCCCCn1c(SCC(=O)NCCC#N)nc2ccccc2c1=O. The molecule has 2 rings (SSSR count). The van der Waals surface area contributed by atoms with Crippen LogP contribution in [0.2, 0.25) is 0 Å². The molecule has 138 valence electrons. The molecule has 1 heterocycles. The molecule has 0 aliphatic rings. The van der Waals surface area contributed by atoms with Crippen molar-refractivity contribution in [1.29, 1.82) is 5.26 Å². The highest BCUT2D eigenvalue weighted by Crippen LogP contribution is 2.18. The lowest BCUT2D eigenvalue weighted by Gasteiger charge is -2.13. The number of rotatable bonds is 10. The van der Waals surface area contributed by atoms with E-state index in [0.717, 1.165) is 25.7 Å². The molecule has 2 aromatic rings. The normalized spacial score (nSPS) is 10.6. The third-order valence-corrected chi connectivity index (χ3v) is 4.93. The maximum atomic E-state index is 12.8. The Morgan fingerprint density at radius 1 is 1.31 bits per heavy atom. The van der Waals surface area contributed by atoms with Crippen LogP contribution in [0.4, 0.5) is 0 Å². The van der Waals surface area contributed by atoms with Gasteiger partial charge in [0.05, 0.1) is 29.1 Å². The van der Waals surface area contributed by atoms with Crippen molar-refractivity contribution in [2.75, 3.05) is 12.3 Å². The number of nitriles is 1. The van der Waals surface area contributed by atoms with Crippen molar-refractivity contribution in [3.8, 4) is 6.07 Å². The second-order valence-corrected chi connectivity index (χ2v) is 6.92. The number of carbonyl (C=O) groups excluding carboxylic acids is 1. The Labute approximate surface area is 157 Å². The molecule has 0 bridgehead atoms. The molecule has 0 fully saturated rings. The number of para-hydroxylation sites is 1. The van der Waals surface area contributed by atoms with Crippen molar-refractivity contribution in [1.82, 2.24) is 14.9 Å². The molecule has 0 atom stereocenters. The van der Waals surface area contributed by atoms with Gasteiger partial charge >= 0.3 is 0 Å². The number of benzene rings is 1. The number of amides is 1. The summed E-state index contributed by atoms with van der Waals surface area (Å²) in [6.07, 6.45) is 4.53. The van der Waals surface area contributed by atoms with Gasteiger partial charge in [-0.3, -0.25) is 14.2 Å². The molecule has 26 heavy (non-hydrogen) atoms. The average Bonchev–Trinajstić information content (AvgIpc) is 2.65. The first-order chi connectivity index (χ1) is 12.7. The van der Waals surface area contributed by atoms with Gasteiger partial charge in [0.15, 0.2) is 5.16 Å². The lowest BCUT2D eigenvalue weighted by Crippen LogP contribution is -2.27. The summed E-state index contributed by atoms with van der Waals surface area (Å²) in [5.74, 6) is 0.00993. The van der Waals surface area contributed by atoms with Crippen molar-refractivity contribution in [2.45, 2.75) is 50.7 Å².